The second kappa shape index (κ2) is 14.7. The van der Waals surface area contributed by atoms with Crippen LogP contribution in [0.2, 0.25) is 0 Å². The fraction of sp³-hybridized carbons (Fsp3) is 1.00. The largest absolute Gasteiger partial charge is 0.344 e. The van der Waals surface area contributed by atoms with E-state index in [0.717, 1.165) is 12.8 Å². The highest BCUT2D eigenvalue weighted by atomic mass is 31.2. The van der Waals surface area contributed by atoms with Crippen molar-refractivity contribution in [1.82, 2.24) is 14.7 Å². The van der Waals surface area contributed by atoms with Crippen molar-refractivity contribution in [3.05, 3.63) is 0 Å². The molecule has 0 aliphatic carbocycles. The summed E-state index contributed by atoms with van der Waals surface area (Å²) in [5.41, 5.74) is 0. The van der Waals surface area contributed by atoms with E-state index in [-0.39, 0.29) is 32.1 Å². The average molecular weight is 521 g/mol. The van der Waals surface area contributed by atoms with E-state index in [0.29, 0.717) is 52.1 Å². The van der Waals surface area contributed by atoms with Crippen LogP contribution in [-0.4, -0.2) is 107 Å². The van der Waals surface area contributed by atoms with Gasteiger partial charge in [-0.3, -0.25) is 28.4 Å². The lowest BCUT2D eigenvalue weighted by atomic mass is 10.4. The van der Waals surface area contributed by atoms with Crippen molar-refractivity contribution >= 4 is 22.6 Å². The minimum absolute atomic E-state index is 0.0117. The molecule has 0 aromatic heterocycles. The quantitative estimate of drug-likeness (QED) is 0.230. The van der Waals surface area contributed by atoms with E-state index in [1.54, 1.807) is 9.80 Å². The highest BCUT2D eigenvalue weighted by Crippen LogP contribution is 2.44. The molecule has 1 heterocycles. The van der Waals surface area contributed by atoms with E-state index in [9.17, 15) is 28.4 Å². The highest BCUT2D eigenvalue weighted by molar-refractivity contribution is 7.57. The Morgan fingerprint density at radius 3 is 1.25 bits per heavy atom. The summed E-state index contributed by atoms with van der Waals surface area (Å²) in [4.78, 5) is 35.6. The predicted molar refractivity (Wildman–Crippen MR) is 126 cm³/mol. The zero-order chi connectivity index (χ0) is 24.3. The molecule has 1 fully saturated rings. The van der Waals surface area contributed by atoms with E-state index in [4.69, 9.17) is 9.05 Å². The Hall–Kier alpha value is 0.370. The predicted octanol–water partition coefficient (Wildman–Crippen LogP) is 2.68. The third-order valence-electron chi connectivity index (χ3n) is 5.00. The molecule has 3 N–H and O–H groups in total. The van der Waals surface area contributed by atoms with Gasteiger partial charge in [-0.2, -0.15) is 0 Å². The maximum atomic E-state index is 12.5. The Balaban J connectivity index is 2.85. The first kappa shape index (κ1) is 30.4. The summed E-state index contributed by atoms with van der Waals surface area (Å²) in [5, 5.41) is 0. The van der Waals surface area contributed by atoms with Crippen molar-refractivity contribution in [1.29, 1.82) is 0 Å². The lowest BCUT2D eigenvalue weighted by molar-refractivity contribution is 0.200. The van der Waals surface area contributed by atoms with Gasteiger partial charge < -0.3 is 23.7 Å². The molecule has 0 spiro atoms. The summed E-state index contributed by atoms with van der Waals surface area (Å²) in [6, 6.07) is 0. The van der Waals surface area contributed by atoms with Crippen molar-refractivity contribution < 1.29 is 37.4 Å². The van der Waals surface area contributed by atoms with Crippen LogP contribution in [0.3, 0.4) is 0 Å². The van der Waals surface area contributed by atoms with Crippen LogP contribution in [0.5, 0.6) is 0 Å². The van der Waals surface area contributed by atoms with Crippen LogP contribution >= 0.6 is 22.6 Å². The fourth-order valence-corrected chi connectivity index (χ4v) is 6.86. The lowest BCUT2D eigenvalue weighted by Gasteiger charge is -2.27. The van der Waals surface area contributed by atoms with Gasteiger partial charge in [-0.05, 0) is 12.8 Å². The van der Waals surface area contributed by atoms with Gasteiger partial charge in [0.25, 0.3) is 0 Å². The molecule has 0 saturated carbocycles. The molecular formula is C18H42N3O8P3. The third kappa shape index (κ3) is 14.6. The monoisotopic (exact) mass is 521 g/mol. The van der Waals surface area contributed by atoms with Crippen LogP contribution in [0.1, 0.15) is 39.5 Å². The summed E-state index contributed by atoms with van der Waals surface area (Å²) in [6.07, 6.45) is 2.76. The molecule has 3 unspecified atom stereocenters. The average Bonchev–Trinajstić information content (AvgIpc) is 2.73. The summed E-state index contributed by atoms with van der Waals surface area (Å²) in [5.74, 6) is 0. The second-order valence-electron chi connectivity index (χ2n) is 8.48. The van der Waals surface area contributed by atoms with Gasteiger partial charge in [0.05, 0.1) is 19.5 Å². The van der Waals surface area contributed by atoms with Crippen molar-refractivity contribution in [3.8, 4) is 0 Å². The summed E-state index contributed by atoms with van der Waals surface area (Å²) < 4.78 is 47.3. The van der Waals surface area contributed by atoms with Gasteiger partial charge in [-0.25, -0.2) is 0 Å². The molecule has 11 nitrogen and oxygen atoms in total. The molecule has 0 radical (unpaired) electrons. The van der Waals surface area contributed by atoms with Gasteiger partial charge in [-0.1, -0.05) is 26.7 Å². The Labute approximate surface area is 192 Å². The number of hydrogen-bond donors (Lipinski definition) is 3. The maximum absolute atomic E-state index is 12.5. The number of hydrogen-bond acceptors (Lipinski definition) is 8. The maximum Gasteiger partial charge on any atom is 0.341 e. The molecular weight excluding hydrogens is 479 g/mol. The van der Waals surface area contributed by atoms with Crippen molar-refractivity contribution in [2.24, 2.45) is 0 Å². The number of rotatable bonds is 14. The first-order valence-electron chi connectivity index (χ1n) is 11.2. The van der Waals surface area contributed by atoms with E-state index >= 15 is 0 Å². The van der Waals surface area contributed by atoms with Crippen molar-refractivity contribution in [2.75, 3.05) is 78.0 Å². The molecule has 14 heteroatoms. The lowest BCUT2D eigenvalue weighted by Crippen LogP contribution is -2.37. The van der Waals surface area contributed by atoms with Crippen LogP contribution in [0.25, 0.3) is 0 Å². The van der Waals surface area contributed by atoms with Gasteiger partial charge in [0.15, 0.2) is 0 Å². The normalized spacial score (nSPS) is 23.4. The zero-order valence-corrected chi connectivity index (χ0v) is 22.4. The van der Waals surface area contributed by atoms with E-state index < -0.39 is 22.6 Å². The SMILES string of the molecule is CCCCOP(=O)(O)CN1CCN(CP(C)(=O)O)CCN(CP(=O)(O)OCCCC)CC1. The molecule has 0 aromatic rings. The highest BCUT2D eigenvalue weighted by Gasteiger charge is 2.29. The minimum atomic E-state index is -3.82. The summed E-state index contributed by atoms with van der Waals surface area (Å²) in [6.45, 7) is 8.15. The van der Waals surface area contributed by atoms with Gasteiger partial charge in [-0.15, -0.1) is 0 Å². The Morgan fingerprint density at radius 2 is 0.969 bits per heavy atom. The molecule has 1 rings (SSSR count). The zero-order valence-electron chi connectivity index (χ0n) is 19.7. The molecule has 1 aliphatic heterocycles. The van der Waals surface area contributed by atoms with E-state index in [1.165, 1.54) is 6.66 Å². The molecule has 0 bridgehead atoms. The fourth-order valence-electron chi connectivity index (χ4n) is 3.27. The Bertz CT molecular complexity index is 634. The molecule has 32 heavy (non-hydrogen) atoms. The third-order valence-corrected chi connectivity index (χ3v) is 8.61. The van der Waals surface area contributed by atoms with Gasteiger partial charge >= 0.3 is 15.2 Å². The Kier molecular flexibility index (Phi) is 14.0. The van der Waals surface area contributed by atoms with Crippen LogP contribution in [-0.2, 0) is 22.7 Å². The van der Waals surface area contributed by atoms with Crippen molar-refractivity contribution in [2.45, 2.75) is 39.5 Å². The van der Waals surface area contributed by atoms with Crippen LogP contribution in [0.15, 0.2) is 0 Å². The second-order valence-corrected chi connectivity index (χ2v) is 14.5. The van der Waals surface area contributed by atoms with Crippen molar-refractivity contribution in [3.63, 3.8) is 0 Å². The molecule has 3 atom stereocenters. The van der Waals surface area contributed by atoms with Crippen LogP contribution < -0.4 is 0 Å². The first-order chi connectivity index (χ1) is 14.9. The van der Waals surface area contributed by atoms with Gasteiger partial charge in [0.1, 0.15) is 12.6 Å². The van der Waals surface area contributed by atoms with Crippen LogP contribution in [0, 0.1) is 0 Å². The molecule has 192 valence electrons. The van der Waals surface area contributed by atoms with Gasteiger partial charge in [0.2, 0.25) is 7.37 Å². The first-order valence-corrected chi connectivity index (χ1v) is 17.1. The molecule has 1 saturated heterocycles. The van der Waals surface area contributed by atoms with E-state index in [1.807, 2.05) is 18.7 Å². The molecule has 0 aromatic carbocycles. The molecule has 0 amide bonds. The number of nitrogens with zero attached hydrogens (tertiary/aromatic N) is 3. The smallest absolute Gasteiger partial charge is 0.341 e. The topological polar surface area (TPSA) is 140 Å². The molecule has 1 aliphatic rings. The summed E-state index contributed by atoms with van der Waals surface area (Å²) >= 11 is 0. The van der Waals surface area contributed by atoms with Gasteiger partial charge in [0, 0.05) is 45.9 Å². The minimum Gasteiger partial charge on any atom is -0.344 e. The van der Waals surface area contributed by atoms with Crippen LogP contribution in [0.4, 0.5) is 0 Å². The van der Waals surface area contributed by atoms with E-state index in [2.05, 4.69) is 0 Å². The summed E-state index contributed by atoms with van der Waals surface area (Å²) in [7, 11) is -11.0. The number of unbranched alkanes of at least 4 members (excludes halogenated alkanes) is 2. The Morgan fingerprint density at radius 1 is 0.656 bits per heavy atom. The standard InChI is InChI=1S/C18H42N3O8P3/c1-4-6-14-28-31(24,25)17-20-10-8-19(16-30(3,22)23)9-11-21(13-12-20)18-32(26,27)29-15-7-5-2/h4-18H2,1-3H3,(H,22,23)(H,24,25)(H,26,27).